The number of unbranched alkanes of at least 4 members (excludes halogenated alkanes) is 1. The molecule has 1 aliphatic rings. The molecule has 0 amide bonds. The summed E-state index contributed by atoms with van der Waals surface area (Å²) in [6.07, 6.45) is 10.3. The molecule has 206 valence electrons. The topological polar surface area (TPSA) is 136 Å². The SMILES string of the molecule is CC/C=C/CC(O)/C=C/C1OC(O)CC(O)C1C/C=C/CCCC(=O)OC(CC(=O)[O-])C[N+](C)(C)C. The lowest BCUT2D eigenvalue weighted by Crippen LogP contribution is -2.45. The molecule has 1 rings (SSSR count). The molecule has 0 aliphatic carbocycles. The number of hydrogen-bond acceptors (Lipinski definition) is 8. The second-order valence-corrected chi connectivity index (χ2v) is 10.4. The second-order valence-electron chi connectivity index (χ2n) is 10.4. The van der Waals surface area contributed by atoms with Crippen LogP contribution in [0.2, 0.25) is 0 Å². The minimum Gasteiger partial charge on any atom is -0.550 e. The van der Waals surface area contributed by atoms with Gasteiger partial charge in [-0.15, -0.1) is 0 Å². The molecule has 36 heavy (non-hydrogen) atoms. The van der Waals surface area contributed by atoms with Gasteiger partial charge in [0.25, 0.3) is 0 Å². The van der Waals surface area contributed by atoms with Crippen LogP contribution in [0.3, 0.4) is 0 Å². The zero-order valence-electron chi connectivity index (χ0n) is 22.1. The van der Waals surface area contributed by atoms with Crippen molar-refractivity contribution < 1.29 is 44.0 Å². The van der Waals surface area contributed by atoms with E-state index < -0.39 is 42.6 Å². The van der Waals surface area contributed by atoms with Gasteiger partial charge >= 0.3 is 5.97 Å². The number of aliphatic hydroxyl groups excluding tert-OH is 3. The van der Waals surface area contributed by atoms with Crippen LogP contribution in [0.1, 0.15) is 58.3 Å². The summed E-state index contributed by atoms with van der Waals surface area (Å²) in [4.78, 5) is 23.1. The highest BCUT2D eigenvalue weighted by Gasteiger charge is 2.35. The number of hydrogen-bond donors (Lipinski definition) is 3. The number of carboxylic acids is 1. The summed E-state index contributed by atoms with van der Waals surface area (Å²) in [6, 6.07) is 0. The number of esters is 1. The fraction of sp³-hybridized carbons (Fsp3) is 0.704. The maximum absolute atomic E-state index is 12.2. The molecule has 6 unspecified atom stereocenters. The van der Waals surface area contributed by atoms with Gasteiger partial charge in [-0.3, -0.25) is 4.79 Å². The Hall–Kier alpha value is -2.04. The van der Waals surface area contributed by atoms with Crippen LogP contribution in [0.5, 0.6) is 0 Å². The van der Waals surface area contributed by atoms with Crippen molar-refractivity contribution in [3.8, 4) is 0 Å². The Balaban J connectivity index is 2.52. The Bertz CT molecular complexity index is 743. The van der Waals surface area contributed by atoms with Gasteiger partial charge in [0.1, 0.15) is 6.54 Å². The van der Waals surface area contributed by atoms with Crippen LogP contribution < -0.4 is 5.11 Å². The normalized spacial score (nSPS) is 25.0. The first-order chi connectivity index (χ1) is 16.9. The number of aliphatic carboxylic acids is 1. The number of nitrogens with zero attached hydrogens (tertiary/aromatic N) is 1. The van der Waals surface area contributed by atoms with E-state index in [2.05, 4.69) is 0 Å². The van der Waals surface area contributed by atoms with E-state index in [1.54, 1.807) is 12.2 Å². The average molecular weight is 512 g/mol. The molecule has 1 saturated heterocycles. The fourth-order valence-corrected chi connectivity index (χ4v) is 4.06. The molecule has 0 spiro atoms. The van der Waals surface area contributed by atoms with Gasteiger partial charge in [-0.1, -0.05) is 43.4 Å². The van der Waals surface area contributed by atoms with Gasteiger partial charge in [0, 0.05) is 31.1 Å². The van der Waals surface area contributed by atoms with Crippen molar-refractivity contribution in [2.24, 2.45) is 5.92 Å². The predicted molar refractivity (Wildman–Crippen MR) is 134 cm³/mol. The molecule has 0 bridgehead atoms. The Kier molecular flexibility index (Phi) is 14.8. The van der Waals surface area contributed by atoms with Gasteiger partial charge < -0.3 is 39.2 Å². The lowest BCUT2D eigenvalue weighted by atomic mass is 9.87. The molecule has 0 saturated carbocycles. The molecule has 1 heterocycles. The molecule has 0 aromatic rings. The van der Waals surface area contributed by atoms with E-state index in [9.17, 15) is 30.0 Å². The average Bonchev–Trinajstić information content (AvgIpc) is 2.74. The molecule has 0 aromatic carbocycles. The van der Waals surface area contributed by atoms with Crippen molar-refractivity contribution in [2.45, 2.75) is 89.0 Å². The van der Waals surface area contributed by atoms with Gasteiger partial charge in [-0.25, -0.2) is 0 Å². The number of allylic oxidation sites excluding steroid dienone is 3. The number of likely N-dealkylation sites (N-methyl/N-ethyl adjacent to an activating group) is 1. The molecular formula is C27H45NO8. The molecular weight excluding hydrogens is 466 g/mol. The number of carbonyl (C=O) groups excluding carboxylic acids is 2. The van der Waals surface area contributed by atoms with Gasteiger partial charge in [-0.05, 0) is 32.1 Å². The minimum atomic E-state index is -1.25. The number of quaternary nitrogens is 1. The van der Waals surface area contributed by atoms with Crippen molar-refractivity contribution in [3.63, 3.8) is 0 Å². The first-order valence-electron chi connectivity index (χ1n) is 12.8. The number of carbonyl (C=O) groups is 2. The Labute approximate surface area is 215 Å². The summed E-state index contributed by atoms with van der Waals surface area (Å²) < 4.78 is 11.4. The van der Waals surface area contributed by atoms with Crippen LogP contribution in [-0.4, -0.2) is 90.1 Å². The van der Waals surface area contributed by atoms with Gasteiger partial charge in [-0.2, -0.15) is 0 Å². The molecule has 0 radical (unpaired) electrons. The number of rotatable bonds is 16. The molecule has 1 aliphatic heterocycles. The quantitative estimate of drug-likeness (QED) is 0.122. The second kappa shape index (κ2) is 16.7. The molecule has 9 heteroatoms. The van der Waals surface area contributed by atoms with Crippen LogP contribution in [-0.2, 0) is 19.1 Å². The Morgan fingerprint density at radius 1 is 1.17 bits per heavy atom. The molecule has 9 nitrogen and oxygen atoms in total. The molecule has 1 fully saturated rings. The van der Waals surface area contributed by atoms with Crippen LogP contribution in [0.25, 0.3) is 0 Å². The highest BCUT2D eigenvalue weighted by atomic mass is 16.6. The van der Waals surface area contributed by atoms with Gasteiger partial charge in [0.15, 0.2) is 12.4 Å². The lowest BCUT2D eigenvalue weighted by molar-refractivity contribution is -0.873. The third-order valence-corrected chi connectivity index (χ3v) is 5.75. The Morgan fingerprint density at radius 2 is 1.89 bits per heavy atom. The van der Waals surface area contributed by atoms with Crippen molar-refractivity contribution in [3.05, 3.63) is 36.5 Å². The summed E-state index contributed by atoms with van der Waals surface area (Å²) >= 11 is 0. The molecule has 0 aromatic heterocycles. The minimum absolute atomic E-state index is 0.122. The standard InChI is InChI=1S/C27H45NO8/c1-5-6-9-12-20(29)15-16-24-22(23(30)18-27(34)36-24)13-10-7-8-11-14-26(33)35-21(17-25(31)32)19-28(2,3)4/h6-7,9-10,15-16,20-24,27,29-30,34H,5,8,11-14,17-19H2,1-4H3/b9-6+,10-7+,16-15+. The van der Waals surface area contributed by atoms with Crippen molar-refractivity contribution in [1.29, 1.82) is 0 Å². The van der Waals surface area contributed by atoms with Gasteiger partial charge in [0.05, 0.1) is 39.5 Å². The van der Waals surface area contributed by atoms with Crippen molar-refractivity contribution in [2.75, 3.05) is 27.7 Å². The van der Waals surface area contributed by atoms with Gasteiger partial charge in [0.2, 0.25) is 0 Å². The monoisotopic (exact) mass is 511 g/mol. The van der Waals surface area contributed by atoms with E-state index >= 15 is 0 Å². The summed E-state index contributed by atoms with van der Waals surface area (Å²) in [6.45, 7) is 2.40. The van der Waals surface area contributed by atoms with Crippen LogP contribution in [0.15, 0.2) is 36.5 Å². The van der Waals surface area contributed by atoms with E-state index in [0.717, 1.165) is 6.42 Å². The highest BCUT2D eigenvalue weighted by Crippen LogP contribution is 2.29. The zero-order valence-corrected chi connectivity index (χ0v) is 22.1. The van der Waals surface area contributed by atoms with E-state index in [-0.39, 0.29) is 25.2 Å². The summed E-state index contributed by atoms with van der Waals surface area (Å²) in [7, 11) is 5.68. The maximum atomic E-state index is 12.2. The smallest absolute Gasteiger partial charge is 0.306 e. The van der Waals surface area contributed by atoms with E-state index in [1.807, 2.05) is 52.4 Å². The van der Waals surface area contributed by atoms with Crippen LogP contribution in [0.4, 0.5) is 0 Å². The maximum Gasteiger partial charge on any atom is 0.306 e. The number of ether oxygens (including phenoxy) is 2. The third-order valence-electron chi connectivity index (χ3n) is 5.75. The number of aliphatic hydroxyl groups is 3. The summed E-state index contributed by atoms with van der Waals surface area (Å²) in [5.41, 5.74) is 0. The molecule has 6 atom stereocenters. The van der Waals surface area contributed by atoms with Crippen molar-refractivity contribution >= 4 is 11.9 Å². The fourth-order valence-electron chi connectivity index (χ4n) is 4.06. The predicted octanol–water partition coefficient (Wildman–Crippen LogP) is 1.22. The Morgan fingerprint density at radius 3 is 2.53 bits per heavy atom. The van der Waals surface area contributed by atoms with E-state index in [1.165, 1.54) is 0 Å². The lowest BCUT2D eigenvalue weighted by Gasteiger charge is -2.36. The summed E-state index contributed by atoms with van der Waals surface area (Å²) in [5, 5.41) is 41.4. The van der Waals surface area contributed by atoms with Crippen LogP contribution in [0, 0.1) is 5.92 Å². The van der Waals surface area contributed by atoms with Crippen molar-refractivity contribution in [1.82, 2.24) is 0 Å². The van der Waals surface area contributed by atoms with E-state index in [0.29, 0.717) is 36.7 Å². The van der Waals surface area contributed by atoms with E-state index in [4.69, 9.17) is 9.47 Å². The largest absolute Gasteiger partial charge is 0.550 e. The first kappa shape index (κ1) is 32.0. The highest BCUT2D eigenvalue weighted by molar-refractivity contribution is 5.70. The first-order valence-corrected chi connectivity index (χ1v) is 12.8. The summed E-state index contributed by atoms with van der Waals surface area (Å²) in [5.74, 6) is -1.96. The molecule has 3 N–H and O–H groups in total. The van der Waals surface area contributed by atoms with Crippen LogP contribution >= 0.6 is 0 Å². The number of carboxylic acid groups (broad SMARTS) is 1. The third kappa shape index (κ3) is 14.5. The zero-order chi connectivity index (χ0) is 27.1.